The minimum Gasteiger partial charge on any atom is -0.456 e. The van der Waals surface area contributed by atoms with E-state index in [1.807, 2.05) is 0 Å². The van der Waals surface area contributed by atoms with Crippen molar-refractivity contribution in [2.45, 2.75) is 51.2 Å². The molecule has 2 heterocycles. The molecular formula is C19H27NO6S. The van der Waals surface area contributed by atoms with Crippen LogP contribution < -0.4 is 0 Å². The molecule has 4 rings (SSSR count). The fourth-order valence-electron chi connectivity index (χ4n) is 4.98. The summed E-state index contributed by atoms with van der Waals surface area (Å²) in [6, 6.07) is 2.71. The monoisotopic (exact) mass is 397 g/mol. The zero-order chi connectivity index (χ0) is 19.4. The van der Waals surface area contributed by atoms with Crippen LogP contribution in [0.4, 0.5) is 0 Å². The molecule has 0 radical (unpaired) electrons. The van der Waals surface area contributed by atoms with Gasteiger partial charge in [0.25, 0.3) is 10.0 Å². The van der Waals surface area contributed by atoms with Crippen molar-refractivity contribution < 1.29 is 27.1 Å². The topological polar surface area (TPSA) is 86.1 Å². The number of carbonyl (C=O) groups excluding carboxylic acids is 1. The minimum absolute atomic E-state index is 0.0529. The van der Waals surface area contributed by atoms with Crippen molar-refractivity contribution in [2.24, 2.45) is 16.7 Å². The zero-order valence-electron chi connectivity index (χ0n) is 16.1. The Balaban J connectivity index is 1.48. The molecule has 2 saturated carbocycles. The number of nitrogens with zero attached hydrogens (tertiary/aromatic N) is 1. The van der Waals surface area contributed by atoms with E-state index in [1.54, 1.807) is 0 Å². The molecule has 27 heavy (non-hydrogen) atoms. The maximum Gasteiger partial charge on any atom is 0.374 e. The van der Waals surface area contributed by atoms with Crippen LogP contribution in [-0.4, -0.2) is 51.1 Å². The molecule has 1 aliphatic heterocycles. The Morgan fingerprint density at radius 2 is 1.93 bits per heavy atom. The average Bonchev–Trinajstić information content (AvgIpc) is 3.27. The van der Waals surface area contributed by atoms with E-state index < -0.39 is 16.0 Å². The van der Waals surface area contributed by atoms with Gasteiger partial charge in [0, 0.05) is 18.5 Å². The van der Waals surface area contributed by atoms with Gasteiger partial charge < -0.3 is 13.9 Å². The van der Waals surface area contributed by atoms with Gasteiger partial charge in [-0.2, -0.15) is 4.31 Å². The molecule has 0 amide bonds. The number of fused-ring (bicyclic) bond motifs is 2. The first-order chi connectivity index (χ1) is 12.7. The minimum atomic E-state index is -3.76. The van der Waals surface area contributed by atoms with Crippen molar-refractivity contribution >= 4 is 16.0 Å². The molecule has 0 spiro atoms. The summed E-state index contributed by atoms with van der Waals surface area (Å²) in [5.74, 6) is -0.104. The fraction of sp³-hybridized carbons (Fsp3) is 0.737. The second kappa shape index (κ2) is 6.32. The number of hydrogen-bond acceptors (Lipinski definition) is 6. The molecule has 1 aromatic heterocycles. The van der Waals surface area contributed by atoms with Crippen LogP contribution in [-0.2, 0) is 19.5 Å². The molecule has 1 aromatic rings. The molecule has 2 bridgehead atoms. The number of furan rings is 1. The second-order valence-corrected chi connectivity index (χ2v) is 10.5. The lowest BCUT2D eigenvalue weighted by atomic mass is 9.70. The summed E-state index contributed by atoms with van der Waals surface area (Å²) in [4.78, 5) is 12.6. The van der Waals surface area contributed by atoms with Crippen LogP contribution in [0.5, 0.6) is 0 Å². The van der Waals surface area contributed by atoms with Crippen molar-refractivity contribution in [3.8, 4) is 0 Å². The lowest BCUT2D eigenvalue weighted by Crippen LogP contribution is -2.40. The summed E-state index contributed by atoms with van der Waals surface area (Å²) in [7, 11) is -3.76. The van der Waals surface area contributed by atoms with Gasteiger partial charge in [0.05, 0.1) is 13.2 Å². The second-order valence-electron chi connectivity index (χ2n) is 8.64. The number of esters is 1. The Morgan fingerprint density at radius 3 is 2.52 bits per heavy atom. The highest BCUT2D eigenvalue weighted by molar-refractivity contribution is 7.89. The molecule has 2 aliphatic carbocycles. The summed E-state index contributed by atoms with van der Waals surface area (Å²) in [5.41, 5.74) is 0.0779. The first-order valence-corrected chi connectivity index (χ1v) is 11.0. The van der Waals surface area contributed by atoms with E-state index in [-0.39, 0.29) is 40.9 Å². The fourth-order valence-corrected chi connectivity index (χ4v) is 6.30. The Morgan fingerprint density at radius 1 is 1.22 bits per heavy atom. The van der Waals surface area contributed by atoms with E-state index in [2.05, 4.69) is 20.8 Å². The van der Waals surface area contributed by atoms with Crippen molar-refractivity contribution in [1.82, 2.24) is 4.31 Å². The lowest BCUT2D eigenvalue weighted by Gasteiger charge is -2.38. The number of sulfonamides is 1. The normalized spacial score (nSPS) is 33.3. The predicted molar refractivity (Wildman–Crippen MR) is 96.7 cm³/mol. The standard InChI is InChI=1S/C19H27NO6S/c1-18(2)13-6-7-19(18,3)15(12-13)26-17(21)14-4-5-16(25-14)27(22,23)20-8-10-24-11-9-20/h4-5,13,15H,6-12H2,1-3H3. The number of rotatable bonds is 4. The van der Waals surface area contributed by atoms with E-state index in [0.717, 1.165) is 12.8 Å². The molecular weight excluding hydrogens is 370 g/mol. The van der Waals surface area contributed by atoms with E-state index in [9.17, 15) is 13.2 Å². The molecule has 3 fully saturated rings. The van der Waals surface area contributed by atoms with Crippen LogP contribution in [0.3, 0.4) is 0 Å². The highest BCUT2D eigenvalue weighted by atomic mass is 32.2. The van der Waals surface area contributed by atoms with Crippen LogP contribution in [0, 0.1) is 16.7 Å². The number of carbonyl (C=O) groups is 1. The van der Waals surface area contributed by atoms with Crippen LogP contribution in [0.25, 0.3) is 0 Å². The maximum atomic E-state index is 12.6. The average molecular weight is 397 g/mol. The molecule has 3 atom stereocenters. The Labute approximate surface area is 160 Å². The molecule has 0 N–H and O–H groups in total. The first kappa shape index (κ1) is 19.0. The van der Waals surface area contributed by atoms with Gasteiger partial charge in [-0.3, -0.25) is 0 Å². The van der Waals surface area contributed by atoms with Crippen LogP contribution in [0.1, 0.15) is 50.6 Å². The molecule has 8 heteroatoms. The van der Waals surface area contributed by atoms with Gasteiger partial charge in [0.15, 0.2) is 0 Å². The van der Waals surface area contributed by atoms with Crippen molar-refractivity contribution in [3.05, 3.63) is 17.9 Å². The summed E-state index contributed by atoms with van der Waals surface area (Å²) < 4.78 is 42.9. The molecule has 3 unspecified atom stereocenters. The lowest BCUT2D eigenvalue weighted by molar-refractivity contribution is -0.0268. The smallest absolute Gasteiger partial charge is 0.374 e. The molecule has 1 saturated heterocycles. The molecule has 150 valence electrons. The Bertz CT molecular complexity index is 838. The first-order valence-electron chi connectivity index (χ1n) is 9.55. The van der Waals surface area contributed by atoms with Gasteiger partial charge in [-0.05, 0) is 42.7 Å². The molecule has 7 nitrogen and oxygen atoms in total. The highest BCUT2D eigenvalue weighted by Crippen LogP contribution is 2.66. The number of morpholine rings is 1. The third-order valence-corrected chi connectivity index (χ3v) is 9.08. The van der Waals surface area contributed by atoms with E-state index in [0.29, 0.717) is 19.1 Å². The maximum absolute atomic E-state index is 12.6. The van der Waals surface area contributed by atoms with Crippen LogP contribution in [0.2, 0.25) is 0 Å². The predicted octanol–water partition coefficient (Wildman–Crippen LogP) is 2.67. The third-order valence-electron chi connectivity index (χ3n) is 7.31. The van der Waals surface area contributed by atoms with Crippen molar-refractivity contribution in [2.75, 3.05) is 26.3 Å². The van der Waals surface area contributed by atoms with E-state index in [1.165, 1.54) is 22.9 Å². The Kier molecular flexibility index (Phi) is 4.44. The molecule has 0 aromatic carbocycles. The van der Waals surface area contributed by atoms with Crippen molar-refractivity contribution in [1.29, 1.82) is 0 Å². The SMILES string of the molecule is CC1(C)C2CCC1(C)C(OC(=O)c1ccc(S(=O)(=O)N3CCOCC3)o1)C2. The summed E-state index contributed by atoms with van der Waals surface area (Å²) in [6.45, 7) is 7.95. The van der Waals surface area contributed by atoms with Gasteiger partial charge in [0.2, 0.25) is 10.9 Å². The molecule has 3 aliphatic rings. The van der Waals surface area contributed by atoms with Crippen LogP contribution in [0.15, 0.2) is 21.6 Å². The summed E-state index contributed by atoms with van der Waals surface area (Å²) in [5, 5.41) is -0.226. The van der Waals surface area contributed by atoms with Crippen LogP contribution >= 0.6 is 0 Å². The largest absolute Gasteiger partial charge is 0.456 e. The quantitative estimate of drug-likeness (QED) is 0.726. The van der Waals surface area contributed by atoms with Gasteiger partial charge >= 0.3 is 5.97 Å². The van der Waals surface area contributed by atoms with Gasteiger partial charge in [0.1, 0.15) is 6.10 Å². The van der Waals surface area contributed by atoms with E-state index >= 15 is 0 Å². The summed E-state index contributed by atoms with van der Waals surface area (Å²) in [6.07, 6.45) is 2.90. The number of ether oxygens (including phenoxy) is 2. The highest BCUT2D eigenvalue weighted by Gasteiger charge is 2.63. The van der Waals surface area contributed by atoms with Gasteiger partial charge in [-0.1, -0.05) is 20.8 Å². The Hall–Kier alpha value is -1.38. The van der Waals surface area contributed by atoms with Gasteiger partial charge in [-0.15, -0.1) is 0 Å². The van der Waals surface area contributed by atoms with Crippen molar-refractivity contribution in [3.63, 3.8) is 0 Å². The summed E-state index contributed by atoms with van der Waals surface area (Å²) >= 11 is 0. The number of hydrogen-bond donors (Lipinski definition) is 0. The van der Waals surface area contributed by atoms with E-state index in [4.69, 9.17) is 13.9 Å². The van der Waals surface area contributed by atoms with Gasteiger partial charge in [-0.25, -0.2) is 13.2 Å². The third kappa shape index (κ3) is 2.84. The zero-order valence-corrected chi connectivity index (χ0v) is 16.9.